The lowest BCUT2D eigenvalue weighted by atomic mass is 10.0. The average Bonchev–Trinajstić information content (AvgIpc) is 2.67. The van der Waals surface area contributed by atoms with E-state index in [-0.39, 0.29) is 0 Å². The fraction of sp³-hybridized carbons (Fsp3) is 0.143. The molecule has 25 heavy (non-hydrogen) atoms. The van der Waals surface area contributed by atoms with Gasteiger partial charge >= 0.3 is 0 Å². The molecule has 0 aliphatic rings. The molecule has 0 unspecified atom stereocenters. The Morgan fingerprint density at radius 3 is 2.16 bits per heavy atom. The van der Waals surface area contributed by atoms with Gasteiger partial charge in [0.15, 0.2) is 0 Å². The number of halogens is 1. The Morgan fingerprint density at radius 2 is 1.44 bits per heavy atom. The van der Waals surface area contributed by atoms with Crippen LogP contribution in [0, 0.1) is 0 Å². The van der Waals surface area contributed by atoms with E-state index >= 15 is 0 Å². The van der Waals surface area contributed by atoms with Gasteiger partial charge in [-0.25, -0.2) is 0 Å². The van der Waals surface area contributed by atoms with Crippen LogP contribution in [-0.4, -0.2) is 14.2 Å². The smallest absolute Gasteiger partial charge is 0.133 e. The summed E-state index contributed by atoms with van der Waals surface area (Å²) in [4.78, 5) is 0. The summed E-state index contributed by atoms with van der Waals surface area (Å²) in [6, 6.07) is 22.0. The highest BCUT2D eigenvalue weighted by molar-refractivity contribution is 9.10. The predicted octanol–water partition coefficient (Wildman–Crippen LogP) is 5.71. The monoisotopic (exact) mass is 398 g/mol. The molecule has 3 aromatic rings. The number of benzene rings is 3. The summed E-state index contributed by atoms with van der Waals surface area (Å²) in [6.45, 7) is 0.386. The zero-order valence-electron chi connectivity index (χ0n) is 14.2. The molecular weight excluding hydrogens is 380 g/mol. The highest BCUT2D eigenvalue weighted by atomic mass is 79.9. The first-order valence-electron chi connectivity index (χ1n) is 7.90. The molecule has 0 aliphatic carbocycles. The van der Waals surface area contributed by atoms with Crippen LogP contribution in [0.4, 0.5) is 0 Å². The average molecular weight is 399 g/mol. The Labute approximate surface area is 156 Å². The van der Waals surface area contributed by atoms with Crippen LogP contribution in [-0.2, 0) is 6.61 Å². The van der Waals surface area contributed by atoms with Gasteiger partial charge in [0.2, 0.25) is 0 Å². The van der Waals surface area contributed by atoms with E-state index in [0.717, 1.165) is 38.4 Å². The molecule has 3 rings (SSSR count). The van der Waals surface area contributed by atoms with E-state index in [0.29, 0.717) is 6.61 Å². The number of hydrogen-bond acceptors (Lipinski definition) is 3. The Morgan fingerprint density at radius 1 is 0.760 bits per heavy atom. The van der Waals surface area contributed by atoms with Crippen LogP contribution in [0.2, 0.25) is 0 Å². The van der Waals surface area contributed by atoms with Gasteiger partial charge < -0.3 is 14.2 Å². The van der Waals surface area contributed by atoms with Gasteiger partial charge in [-0.2, -0.15) is 0 Å². The summed E-state index contributed by atoms with van der Waals surface area (Å²) in [5.74, 6) is 2.33. The van der Waals surface area contributed by atoms with Crippen molar-refractivity contribution in [2.75, 3.05) is 14.2 Å². The molecule has 0 saturated heterocycles. The van der Waals surface area contributed by atoms with Gasteiger partial charge in [-0.05, 0) is 39.7 Å². The maximum atomic E-state index is 6.11. The topological polar surface area (TPSA) is 27.7 Å². The number of para-hydroxylation sites is 1. The number of hydrogen-bond donors (Lipinski definition) is 0. The minimum Gasteiger partial charge on any atom is -0.496 e. The third-order valence-electron chi connectivity index (χ3n) is 3.91. The molecule has 0 amide bonds. The van der Waals surface area contributed by atoms with Crippen molar-refractivity contribution in [2.24, 2.45) is 0 Å². The van der Waals surface area contributed by atoms with Gasteiger partial charge in [0.05, 0.1) is 18.7 Å². The highest BCUT2D eigenvalue weighted by Crippen LogP contribution is 2.35. The first kappa shape index (κ1) is 17.4. The van der Waals surface area contributed by atoms with Gasteiger partial charge in [-0.1, -0.05) is 48.5 Å². The van der Waals surface area contributed by atoms with E-state index in [1.807, 2.05) is 48.5 Å². The van der Waals surface area contributed by atoms with Gasteiger partial charge in [-0.15, -0.1) is 0 Å². The Bertz CT molecular complexity index is 847. The fourth-order valence-electron chi connectivity index (χ4n) is 2.64. The van der Waals surface area contributed by atoms with Crippen molar-refractivity contribution in [3.63, 3.8) is 0 Å². The Balaban J connectivity index is 1.88. The minimum atomic E-state index is 0.386. The van der Waals surface area contributed by atoms with Crippen molar-refractivity contribution >= 4 is 15.9 Å². The molecular formula is C21H19BrO3. The van der Waals surface area contributed by atoms with Crippen LogP contribution in [0.15, 0.2) is 71.2 Å². The molecule has 0 spiro atoms. The molecule has 128 valence electrons. The molecule has 0 atom stereocenters. The maximum Gasteiger partial charge on any atom is 0.133 e. The summed E-state index contributed by atoms with van der Waals surface area (Å²) in [5, 5.41) is 0. The second-order valence-electron chi connectivity index (χ2n) is 5.45. The second kappa shape index (κ2) is 8.08. The van der Waals surface area contributed by atoms with E-state index in [1.54, 1.807) is 14.2 Å². The van der Waals surface area contributed by atoms with Crippen molar-refractivity contribution in [3.05, 3.63) is 76.8 Å². The summed E-state index contributed by atoms with van der Waals surface area (Å²) in [6.07, 6.45) is 0. The van der Waals surface area contributed by atoms with Crippen molar-refractivity contribution in [1.82, 2.24) is 0 Å². The molecule has 3 aromatic carbocycles. The fourth-order valence-corrected chi connectivity index (χ4v) is 3.12. The summed E-state index contributed by atoms with van der Waals surface area (Å²) in [7, 11) is 3.29. The molecule has 0 fully saturated rings. The van der Waals surface area contributed by atoms with E-state index in [9.17, 15) is 0 Å². The van der Waals surface area contributed by atoms with Crippen LogP contribution in [0.25, 0.3) is 11.1 Å². The summed E-state index contributed by atoms with van der Waals surface area (Å²) < 4.78 is 17.8. The lowest BCUT2D eigenvalue weighted by molar-refractivity contribution is 0.296. The van der Waals surface area contributed by atoms with Crippen LogP contribution in [0.5, 0.6) is 17.2 Å². The number of methoxy groups -OCH3 is 2. The molecule has 0 heterocycles. The Kier molecular flexibility index (Phi) is 5.61. The SMILES string of the molecule is COc1cc(COc2ccccc2-c2ccccc2)c(OC)cc1Br. The summed E-state index contributed by atoms with van der Waals surface area (Å²) >= 11 is 3.47. The van der Waals surface area contributed by atoms with Crippen LogP contribution >= 0.6 is 15.9 Å². The molecule has 0 bridgehead atoms. The predicted molar refractivity (Wildman–Crippen MR) is 103 cm³/mol. The zero-order chi connectivity index (χ0) is 17.6. The normalized spacial score (nSPS) is 10.4. The van der Waals surface area contributed by atoms with Crippen LogP contribution in [0.3, 0.4) is 0 Å². The third kappa shape index (κ3) is 3.97. The van der Waals surface area contributed by atoms with Crippen molar-refractivity contribution in [3.8, 4) is 28.4 Å². The third-order valence-corrected chi connectivity index (χ3v) is 4.53. The van der Waals surface area contributed by atoms with Crippen LogP contribution in [0.1, 0.15) is 5.56 Å². The molecule has 0 aliphatic heterocycles. The van der Waals surface area contributed by atoms with Crippen molar-refractivity contribution in [2.45, 2.75) is 6.61 Å². The lowest BCUT2D eigenvalue weighted by Crippen LogP contribution is -2.01. The maximum absolute atomic E-state index is 6.11. The van der Waals surface area contributed by atoms with Crippen molar-refractivity contribution < 1.29 is 14.2 Å². The number of ether oxygens (including phenoxy) is 3. The lowest BCUT2D eigenvalue weighted by Gasteiger charge is -2.15. The van der Waals surface area contributed by atoms with Gasteiger partial charge in [0.1, 0.15) is 23.9 Å². The van der Waals surface area contributed by atoms with E-state index < -0.39 is 0 Å². The van der Waals surface area contributed by atoms with E-state index in [4.69, 9.17) is 14.2 Å². The zero-order valence-corrected chi connectivity index (χ0v) is 15.7. The standard InChI is InChI=1S/C21H19BrO3/c1-23-20-13-18(22)21(24-2)12-16(20)14-25-19-11-7-6-10-17(19)15-8-4-3-5-9-15/h3-13H,14H2,1-2H3. The number of rotatable bonds is 6. The molecule has 0 aromatic heterocycles. The molecule has 0 N–H and O–H groups in total. The highest BCUT2D eigenvalue weighted by Gasteiger charge is 2.12. The van der Waals surface area contributed by atoms with Gasteiger partial charge in [-0.3, -0.25) is 0 Å². The quantitative estimate of drug-likeness (QED) is 0.531. The first-order chi connectivity index (χ1) is 12.2. The largest absolute Gasteiger partial charge is 0.496 e. The summed E-state index contributed by atoms with van der Waals surface area (Å²) in [5.41, 5.74) is 3.11. The molecule has 4 heteroatoms. The first-order valence-corrected chi connectivity index (χ1v) is 8.70. The van der Waals surface area contributed by atoms with Gasteiger partial charge in [0, 0.05) is 11.1 Å². The van der Waals surface area contributed by atoms with Crippen molar-refractivity contribution in [1.29, 1.82) is 0 Å². The van der Waals surface area contributed by atoms with Gasteiger partial charge in [0.25, 0.3) is 0 Å². The molecule has 0 radical (unpaired) electrons. The minimum absolute atomic E-state index is 0.386. The molecule has 0 saturated carbocycles. The van der Waals surface area contributed by atoms with Crippen LogP contribution < -0.4 is 14.2 Å². The van der Waals surface area contributed by atoms with E-state index in [1.165, 1.54) is 0 Å². The van der Waals surface area contributed by atoms with E-state index in [2.05, 4.69) is 34.1 Å². The molecule has 3 nitrogen and oxygen atoms in total. The Hall–Kier alpha value is -2.46. The second-order valence-corrected chi connectivity index (χ2v) is 6.30.